The number of carboxylic acids is 1. The molecule has 210 valence electrons. The summed E-state index contributed by atoms with van der Waals surface area (Å²) in [7, 11) is 0. The third-order valence-corrected chi connectivity index (χ3v) is 8.49. The lowest BCUT2D eigenvalue weighted by atomic mass is 9.79. The van der Waals surface area contributed by atoms with Crippen LogP contribution in [0.15, 0.2) is 42.5 Å². The number of aliphatic carboxylic acids is 1. The highest BCUT2D eigenvalue weighted by Gasteiger charge is 2.32. The molecule has 2 heterocycles. The molecule has 1 aromatic heterocycles. The quantitative estimate of drug-likeness (QED) is 0.350. The van der Waals surface area contributed by atoms with Gasteiger partial charge in [0.25, 0.3) is 0 Å². The fourth-order valence-electron chi connectivity index (χ4n) is 6.15. The number of amides is 1. The lowest BCUT2D eigenvalue weighted by Gasteiger charge is -2.35. The summed E-state index contributed by atoms with van der Waals surface area (Å²) in [5, 5.41) is 15.6. The Balaban J connectivity index is 1.00. The molecule has 2 saturated carbocycles. The number of rotatable bonds is 11. The molecule has 39 heavy (non-hydrogen) atoms. The van der Waals surface area contributed by atoms with Gasteiger partial charge in [-0.3, -0.25) is 0 Å². The molecule has 2 aliphatic carbocycles. The van der Waals surface area contributed by atoms with Crippen LogP contribution in [0, 0.1) is 5.92 Å². The van der Waals surface area contributed by atoms with E-state index >= 15 is 0 Å². The Morgan fingerprint density at radius 1 is 1.08 bits per heavy atom. The first-order chi connectivity index (χ1) is 19.0. The Labute approximate surface area is 230 Å². The molecule has 2 unspecified atom stereocenters. The summed E-state index contributed by atoms with van der Waals surface area (Å²) >= 11 is 0. The summed E-state index contributed by atoms with van der Waals surface area (Å²) in [6.07, 6.45) is 9.60. The lowest BCUT2D eigenvalue weighted by molar-refractivity contribution is -0.140. The van der Waals surface area contributed by atoms with E-state index in [-0.39, 0.29) is 24.5 Å². The normalized spacial score (nSPS) is 24.9. The van der Waals surface area contributed by atoms with Crippen molar-refractivity contribution in [3.05, 3.63) is 59.3 Å². The number of nitrogens with one attached hydrogen (secondary N) is 2. The monoisotopic (exact) mass is 535 g/mol. The van der Waals surface area contributed by atoms with Gasteiger partial charge in [0.05, 0.1) is 6.10 Å². The number of fused-ring (bicyclic) bond motifs is 1. The van der Waals surface area contributed by atoms with Crippen LogP contribution in [0.5, 0.6) is 0 Å². The molecule has 0 saturated heterocycles. The number of nitrogens with zero attached hydrogens (tertiary/aromatic N) is 1. The SMILES string of the molecule is O=C(N[C@@H](CCOC1CC(CCc2ccc3c(n2)NCCC3)C1)C(=O)O)OC1CCCCC1c1ccccc1. The molecule has 3 atom stereocenters. The van der Waals surface area contributed by atoms with Crippen LogP contribution in [0.4, 0.5) is 10.6 Å². The number of carbonyl (C=O) groups is 2. The van der Waals surface area contributed by atoms with E-state index in [0.717, 1.165) is 81.4 Å². The van der Waals surface area contributed by atoms with E-state index in [1.165, 1.54) is 12.0 Å². The van der Waals surface area contributed by atoms with E-state index in [1.807, 2.05) is 18.2 Å². The molecular weight excluding hydrogens is 494 g/mol. The van der Waals surface area contributed by atoms with Crippen molar-refractivity contribution in [3.8, 4) is 0 Å². The Morgan fingerprint density at radius 3 is 2.72 bits per heavy atom. The predicted molar refractivity (Wildman–Crippen MR) is 149 cm³/mol. The van der Waals surface area contributed by atoms with Crippen LogP contribution in [0.3, 0.4) is 0 Å². The third-order valence-electron chi connectivity index (χ3n) is 8.49. The van der Waals surface area contributed by atoms with Gasteiger partial charge in [-0.25, -0.2) is 14.6 Å². The zero-order valence-electron chi connectivity index (χ0n) is 22.6. The maximum Gasteiger partial charge on any atom is 0.408 e. The molecule has 0 spiro atoms. The molecule has 5 rings (SSSR count). The molecule has 3 N–H and O–H groups in total. The zero-order valence-corrected chi connectivity index (χ0v) is 22.6. The van der Waals surface area contributed by atoms with E-state index in [0.29, 0.717) is 12.5 Å². The average Bonchev–Trinajstić information content (AvgIpc) is 2.93. The number of benzene rings is 1. The number of aromatic nitrogens is 1. The van der Waals surface area contributed by atoms with Gasteiger partial charge in [-0.1, -0.05) is 42.8 Å². The molecule has 1 amide bonds. The molecule has 8 heteroatoms. The number of ether oxygens (including phenoxy) is 2. The van der Waals surface area contributed by atoms with Crippen LogP contribution in [0.2, 0.25) is 0 Å². The minimum atomic E-state index is -1.07. The number of alkyl carbamates (subject to hydrolysis) is 1. The van der Waals surface area contributed by atoms with Crippen LogP contribution in [0.25, 0.3) is 0 Å². The van der Waals surface area contributed by atoms with Crippen molar-refractivity contribution in [1.29, 1.82) is 0 Å². The minimum Gasteiger partial charge on any atom is -0.480 e. The van der Waals surface area contributed by atoms with Crippen molar-refractivity contribution in [2.24, 2.45) is 5.92 Å². The topological polar surface area (TPSA) is 110 Å². The van der Waals surface area contributed by atoms with Crippen molar-refractivity contribution in [1.82, 2.24) is 10.3 Å². The number of hydrogen-bond acceptors (Lipinski definition) is 6. The second kappa shape index (κ2) is 13.3. The fraction of sp³-hybridized carbons (Fsp3) is 0.581. The van der Waals surface area contributed by atoms with Crippen molar-refractivity contribution < 1.29 is 24.2 Å². The van der Waals surface area contributed by atoms with Gasteiger partial charge in [-0.15, -0.1) is 0 Å². The van der Waals surface area contributed by atoms with Crippen LogP contribution >= 0.6 is 0 Å². The first-order valence-corrected chi connectivity index (χ1v) is 14.6. The fourth-order valence-corrected chi connectivity index (χ4v) is 6.15. The Hall–Kier alpha value is -3.13. The standard InChI is InChI=1S/C31H41N3O5/c35-30(36)27(34-31(37)39-28-11-5-4-10-26(28)22-7-2-1-3-8-22)16-18-38-25-19-21(20-25)12-14-24-15-13-23-9-6-17-32-29(23)33-24/h1-3,7-8,13,15,21,25-28H,4-6,9-12,14,16-20H2,(H,32,33)(H,34,37)(H,35,36)/t21?,25?,26?,27-,28?/m0/s1. The molecular formula is C31H41N3O5. The highest BCUT2D eigenvalue weighted by Crippen LogP contribution is 2.35. The van der Waals surface area contributed by atoms with Gasteiger partial charge >= 0.3 is 12.1 Å². The summed E-state index contributed by atoms with van der Waals surface area (Å²) in [4.78, 5) is 29.2. The zero-order chi connectivity index (χ0) is 27.0. The Morgan fingerprint density at radius 2 is 1.90 bits per heavy atom. The van der Waals surface area contributed by atoms with Crippen LogP contribution < -0.4 is 10.6 Å². The summed E-state index contributed by atoms with van der Waals surface area (Å²) < 4.78 is 11.7. The molecule has 1 aromatic carbocycles. The predicted octanol–water partition coefficient (Wildman–Crippen LogP) is 5.46. The first-order valence-electron chi connectivity index (χ1n) is 14.6. The number of anilines is 1. The number of hydrogen-bond donors (Lipinski definition) is 3. The van der Waals surface area contributed by atoms with Gasteiger partial charge in [-0.2, -0.15) is 0 Å². The van der Waals surface area contributed by atoms with Crippen LogP contribution in [-0.2, 0) is 27.1 Å². The summed E-state index contributed by atoms with van der Waals surface area (Å²) in [6.45, 7) is 1.29. The minimum absolute atomic E-state index is 0.142. The van der Waals surface area contributed by atoms with E-state index in [9.17, 15) is 14.7 Å². The van der Waals surface area contributed by atoms with Gasteiger partial charge in [0.15, 0.2) is 0 Å². The lowest BCUT2D eigenvalue weighted by Crippen LogP contribution is -2.44. The largest absolute Gasteiger partial charge is 0.480 e. The van der Waals surface area contributed by atoms with Crippen molar-refractivity contribution in [2.75, 3.05) is 18.5 Å². The smallest absolute Gasteiger partial charge is 0.408 e. The second-order valence-electron chi connectivity index (χ2n) is 11.3. The van der Waals surface area contributed by atoms with Crippen LogP contribution in [0.1, 0.15) is 80.5 Å². The number of pyridine rings is 1. The first kappa shape index (κ1) is 27.4. The number of carbonyl (C=O) groups excluding carboxylic acids is 1. The van der Waals surface area contributed by atoms with E-state index < -0.39 is 18.1 Å². The van der Waals surface area contributed by atoms with Gasteiger partial charge < -0.3 is 25.2 Å². The van der Waals surface area contributed by atoms with Gasteiger partial charge in [0.2, 0.25) is 0 Å². The summed E-state index contributed by atoms with van der Waals surface area (Å²) in [5.74, 6) is 0.729. The number of aryl methyl sites for hydroxylation is 2. The van der Waals surface area contributed by atoms with Crippen molar-refractivity contribution in [2.45, 2.75) is 94.8 Å². The van der Waals surface area contributed by atoms with Gasteiger partial charge in [0.1, 0.15) is 18.0 Å². The molecule has 8 nitrogen and oxygen atoms in total. The Kier molecular flexibility index (Phi) is 9.35. The van der Waals surface area contributed by atoms with Gasteiger partial charge in [0, 0.05) is 31.2 Å². The van der Waals surface area contributed by atoms with Crippen LogP contribution in [-0.4, -0.2) is 53.6 Å². The van der Waals surface area contributed by atoms with Gasteiger partial charge in [-0.05, 0) is 80.9 Å². The van der Waals surface area contributed by atoms with E-state index in [2.05, 4.69) is 34.9 Å². The third kappa shape index (κ3) is 7.50. The highest BCUT2D eigenvalue weighted by atomic mass is 16.6. The molecule has 0 radical (unpaired) electrons. The molecule has 2 aromatic rings. The number of carboxylic acid groups (broad SMARTS) is 1. The molecule has 3 aliphatic rings. The molecule has 2 fully saturated rings. The maximum absolute atomic E-state index is 12.6. The Bertz CT molecular complexity index is 1100. The maximum atomic E-state index is 12.6. The molecule has 0 bridgehead atoms. The van der Waals surface area contributed by atoms with Crippen molar-refractivity contribution in [3.63, 3.8) is 0 Å². The summed E-state index contributed by atoms with van der Waals surface area (Å²) in [6, 6.07) is 13.4. The summed E-state index contributed by atoms with van der Waals surface area (Å²) in [5.41, 5.74) is 3.61. The molecule has 1 aliphatic heterocycles. The second-order valence-corrected chi connectivity index (χ2v) is 11.3. The average molecular weight is 536 g/mol. The van der Waals surface area contributed by atoms with E-state index in [1.54, 1.807) is 0 Å². The highest BCUT2D eigenvalue weighted by molar-refractivity contribution is 5.79. The van der Waals surface area contributed by atoms with Crippen molar-refractivity contribution >= 4 is 17.9 Å². The van der Waals surface area contributed by atoms with E-state index in [4.69, 9.17) is 14.5 Å².